The van der Waals surface area contributed by atoms with Gasteiger partial charge in [0, 0.05) is 19.0 Å². The van der Waals surface area contributed by atoms with Gasteiger partial charge in [-0.25, -0.2) is 8.78 Å². The molecule has 3 nitrogen and oxygen atoms in total. The fraction of sp³-hybridized carbons (Fsp3) is 0.571. The molecule has 0 spiro atoms. The minimum atomic E-state index is -2.66. The van der Waals surface area contributed by atoms with Gasteiger partial charge in [0.1, 0.15) is 0 Å². The second kappa shape index (κ2) is 4.86. The number of hydrogen-bond donors (Lipinski definition) is 1. The number of pyridine rings is 1. The summed E-state index contributed by atoms with van der Waals surface area (Å²) < 4.78 is 26.4. The Labute approximate surface area is 110 Å². The van der Waals surface area contributed by atoms with Crippen molar-refractivity contribution in [3.05, 3.63) is 29.6 Å². The van der Waals surface area contributed by atoms with E-state index in [9.17, 15) is 19.1 Å². The first kappa shape index (κ1) is 13.9. The van der Waals surface area contributed by atoms with Crippen LogP contribution in [0.4, 0.5) is 8.78 Å². The SMILES string of the molecule is CC(O)c1ccc(C2(C#N)CCC(F)(F)CC2)cn1. The number of aliphatic hydroxyl groups excluding tert-OH is 1. The Balaban J connectivity index is 2.26. The number of aromatic nitrogens is 1. The summed E-state index contributed by atoms with van der Waals surface area (Å²) in [6.45, 7) is 1.60. The van der Waals surface area contributed by atoms with Crippen LogP contribution in [0, 0.1) is 11.3 Å². The first-order valence-corrected chi connectivity index (χ1v) is 6.32. The van der Waals surface area contributed by atoms with Gasteiger partial charge < -0.3 is 5.11 Å². The average molecular weight is 266 g/mol. The van der Waals surface area contributed by atoms with Crippen molar-refractivity contribution in [3.8, 4) is 6.07 Å². The molecule has 0 amide bonds. The van der Waals surface area contributed by atoms with Crippen LogP contribution in [-0.4, -0.2) is 16.0 Å². The molecule has 102 valence electrons. The predicted octanol–water partition coefficient (Wildman–Crippen LogP) is 3.11. The molecule has 1 saturated carbocycles. The van der Waals surface area contributed by atoms with Gasteiger partial charge in [0.2, 0.25) is 5.92 Å². The topological polar surface area (TPSA) is 56.9 Å². The van der Waals surface area contributed by atoms with Gasteiger partial charge in [-0.15, -0.1) is 0 Å². The highest BCUT2D eigenvalue weighted by atomic mass is 19.3. The highest BCUT2D eigenvalue weighted by Gasteiger charge is 2.44. The summed E-state index contributed by atoms with van der Waals surface area (Å²) in [5.41, 5.74) is 0.305. The molecule has 0 saturated heterocycles. The van der Waals surface area contributed by atoms with E-state index in [1.807, 2.05) is 0 Å². The molecule has 1 fully saturated rings. The number of halogens is 2. The summed E-state index contributed by atoms with van der Waals surface area (Å²) in [6, 6.07) is 5.54. The normalized spacial score (nSPS) is 22.5. The average Bonchev–Trinajstić information content (AvgIpc) is 2.40. The van der Waals surface area contributed by atoms with Gasteiger partial charge in [-0.1, -0.05) is 6.07 Å². The lowest BCUT2D eigenvalue weighted by atomic mass is 9.70. The molecule has 1 aliphatic rings. The summed E-state index contributed by atoms with van der Waals surface area (Å²) in [7, 11) is 0. The van der Waals surface area contributed by atoms with Crippen LogP contribution in [0.3, 0.4) is 0 Å². The molecule has 1 N–H and O–H groups in total. The van der Waals surface area contributed by atoms with Crippen LogP contribution in [0.2, 0.25) is 0 Å². The molecule has 0 aromatic carbocycles. The third kappa shape index (κ3) is 2.74. The Bertz CT molecular complexity index is 481. The van der Waals surface area contributed by atoms with E-state index in [1.54, 1.807) is 19.1 Å². The maximum atomic E-state index is 13.2. The van der Waals surface area contributed by atoms with Crippen molar-refractivity contribution in [2.24, 2.45) is 0 Å². The van der Waals surface area contributed by atoms with Gasteiger partial charge in [0.25, 0.3) is 0 Å². The van der Waals surface area contributed by atoms with Crippen LogP contribution in [0.1, 0.15) is 50.0 Å². The minimum absolute atomic E-state index is 0.145. The third-order valence-electron chi connectivity index (χ3n) is 3.82. The Kier molecular flexibility index (Phi) is 3.55. The van der Waals surface area contributed by atoms with E-state index in [4.69, 9.17) is 0 Å². The fourth-order valence-electron chi connectivity index (χ4n) is 2.44. The van der Waals surface area contributed by atoms with E-state index >= 15 is 0 Å². The molecule has 1 heterocycles. The molecule has 0 bridgehead atoms. The van der Waals surface area contributed by atoms with Crippen LogP contribution in [0.5, 0.6) is 0 Å². The van der Waals surface area contributed by atoms with Crippen LogP contribution >= 0.6 is 0 Å². The van der Waals surface area contributed by atoms with E-state index in [1.165, 1.54) is 6.20 Å². The summed E-state index contributed by atoms with van der Waals surface area (Å²) in [4.78, 5) is 4.09. The zero-order chi connectivity index (χ0) is 14.1. The predicted molar refractivity (Wildman–Crippen MR) is 65.6 cm³/mol. The lowest BCUT2D eigenvalue weighted by molar-refractivity contribution is -0.0453. The van der Waals surface area contributed by atoms with Crippen LogP contribution in [-0.2, 0) is 5.41 Å². The van der Waals surface area contributed by atoms with Crippen molar-refractivity contribution >= 4 is 0 Å². The maximum Gasteiger partial charge on any atom is 0.248 e. The van der Waals surface area contributed by atoms with E-state index in [2.05, 4.69) is 11.1 Å². The molecule has 0 radical (unpaired) electrons. The minimum Gasteiger partial charge on any atom is -0.387 e. The molecule has 1 unspecified atom stereocenters. The standard InChI is InChI=1S/C14H16F2N2O/c1-10(19)12-3-2-11(8-18-12)13(9-17)4-6-14(15,16)7-5-13/h2-3,8,10,19H,4-7H2,1H3. The number of hydrogen-bond acceptors (Lipinski definition) is 3. The second-order valence-electron chi connectivity index (χ2n) is 5.20. The fourth-order valence-corrected chi connectivity index (χ4v) is 2.44. The largest absolute Gasteiger partial charge is 0.387 e. The summed E-state index contributed by atoms with van der Waals surface area (Å²) in [6.07, 6.45) is 0.604. The van der Waals surface area contributed by atoms with Gasteiger partial charge in [0.05, 0.1) is 23.3 Å². The number of rotatable bonds is 2. The molecule has 1 aliphatic carbocycles. The first-order valence-electron chi connectivity index (χ1n) is 6.32. The Morgan fingerprint density at radius 2 is 1.95 bits per heavy atom. The number of aliphatic hydroxyl groups is 1. The number of nitrogens with zero attached hydrogens (tertiary/aromatic N) is 2. The summed E-state index contributed by atoms with van der Waals surface area (Å²) in [5, 5.41) is 18.8. The van der Waals surface area contributed by atoms with Gasteiger partial charge in [0.15, 0.2) is 0 Å². The molecule has 1 aromatic rings. The summed E-state index contributed by atoms with van der Waals surface area (Å²) >= 11 is 0. The molecule has 19 heavy (non-hydrogen) atoms. The summed E-state index contributed by atoms with van der Waals surface area (Å²) in [5.74, 6) is -2.66. The molecule has 2 rings (SSSR count). The zero-order valence-corrected chi connectivity index (χ0v) is 10.7. The Hall–Kier alpha value is -1.54. The van der Waals surface area contributed by atoms with E-state index < -0.39 is 17.4 Å². The van der Waals surface area contributed by atoms with Crippen molar-refractivity contribution in [3.63, 3.8) is 0 Å². The molecule has 1 aromatic heterocycles. The first-order chi connectivity index (χ1) is 8.88. The van der Waals surface area contributed by atoms with Crippen molar-refractivity contribution < 1.29 is 13.9 Å². The van der Waals surface area contributed by atoms with Crippen LogP contribution in [0.15, 0.2) is 18.3 Å². The van der Waals surface area contributed by atoms with Gasteiger partial charge in [-0.3, -0.25) is 4.98 Å². The lowest BCUT2D eigenvalue weighted by Gasteiger charge is -2.35. The third-order valence-corrected chi connectivity index (χ3v) is 3.82. The monoisotopic (exact) mass is 266 g/mol. The molecule has 1 atom stereocenters. The Morgan fingerprint density at radius 1 is 1.32 bits per heavy atom. The van der Waals surface area contributed by atoms with E-state index in [0.29, 0.717) is 11.3 Å². The van der Waals surface area contributed by atoms with E-state index in [0.717, 1.165) is 0 Å². The van der Waals surface area contributed by atoms with Crippen molar-refractivity contribution in [2.45, 2.75) is 50.0 Å². The molecular formula is C14H16F2N2O. The quantitative estimate of drug-likeness (QED) is 0.894. The van der Waals surface area contributed by atoms with Crippen LogP contribution in [0.25, 0.3) is 0 Å². The zero-order valence-electron chi connectivity index (χ0n) is 10.7. The maximum absolute atomic E-state index is 13.2. The lowest BCUT2D eigenvalue weighted by Crippen LogP contribution is -2.35. The van der Waals surface area contributed by atoms with Crippen LogP contribution < -0.4 is 0 Å². The number of alkyl halides is 2. The van der Waals surface area contributed by atoms with Crippen molar-refractivity contribution in [1.82, 2.24) is 4.98 Å². The van der Waals surface area contributed by atoms with Gasteiger partial charge >= 0.3 is 0 Å². The van der Waals surface area contributed by atoms with Crippen molar-refractivity contribution in [1.29, 1.82) is 5.26 Å². The second-order valence-corrected chi connectivity index (χ2v) is 5.20. The van der Waals surface area contributed by atoms with Gasteiger partial charge in [-0.2, -0.15) is 5.26 Å². The highest BCUT2D eigenvalue weighted by Crippen LogP contribution is 2.44. The molecule has 0 aliphatic heterocycles. The molecular weight excluding hydrogens is 250 g/mol. The highest BCUT2D eigenvalue weighted by molar-refractivity contribution is 5.32. The number of nitriles is 1. The van der Waals surface area contributed by atoms with E-state index in [-0.39, 0.29) is 25.7 Å². The van der Waals surface area contributed by atoms with Gasteiger partial charge in [-0.05, 0) is 31.4 Å². The van der Waals surface area contributed by atoms with Crippen molar-refractivity contribution in [2.75, 3.05) is 0 Å². The molecule has 5 heteroatoms. The Morgan fingerprint density at radius 3 is 2.37 bits per heavy atom. The smallest absolute Gasteiger partial charge is 0.248 e.